The first-order valence-corrected chi connectivity index (χ1v) is 9.53. The number of hydrogen-bond donors (Lipinski definition) is 3. The zero-order valence-corrected chi connectivity index (χ0v) is 14.9. The van der Waals surface area contributed by atoms with Crippen LogP contribution < -0.4 is 10.0 Å². The molecule has 3 aromatic carbocycles. The highest BCUT2D eigenvalue weighted by molar-refractivity contribution is 7.92. The van der Waals surface area contributed by atoms with Gasteiger partial charge in [0.15, 0.2) is 0 Å². The van der Waals surface area contributed by atoms with Gasteiger partial charge in [-0.25, -0.2) is 8.42 Å². The van der Waals surface area contributed by atoms with Crippen molar-refractivity contribution >= 4 is 38.1 Å². The van der Waals surface area contributed by atoms with Crippen LogP contribution in [0.15, 0.2) is 65.6 Å². The molecule has 0 saturated carbocycles. The average Bonchev–Trinajstić information content (AvgIpc) is 2.65. The summed E-state index contributed by atoms with van der Waals surface area (Å²) in [5.74, 6) is -0.328. The highest BCUT2D eigenvalue weighted by atomic mass is 32.2. The number of fused-ring (bicyclic) bond motifs is 1. The van der Waals surface area contributed by atoms with E-state index < -0.39 is 10.0 Å². The van der Waals surface area contributed by atoms with Crippen molar-refractivity contribution in [1.29, 1.82) is 0 Å². The number of phenols is 1. The van der Waals surface area contributed by atoms with Crippen LogP contribution in [0.2, 0.25) is 0 Å². The summed E-state index contributed by atoms with van der Waals surface area (Å²) in [6.45, 7) is 1.71. The molecule has 26 heavy (non-hydrogen) atoms. The number of aromatic hydroxyl groups is 1. The van der Waals surface area contributed by atoms with Gasteiger partial charge in [0.1, 0.15) is 5.75 Å². The third kappa shape index (κ3) is 3.48. The third-order valence-corrected chi connectivity index (χ3v) is 5.31. The van der Waals surface area contributed by atoms with E-state index in [0.717, 1.165) is 0 Å². The Morgan fingerprint density at radius 2 is 1.65 bits per heavy atom. The number of rotatable bonds is 5. The van der Waals surface area contributed by atoms with E-state index in [1.54, 1.807) is 55.5 Å². The first-order chi connectivity index (χ1) is 12.4. The Balaban J connectivity index is 2.03. The van der Waals surface area contributed by atoms with E-state index in [0.29, 0.717) is 16.5 Å². The zero-order chi connectivity index (χ0) is 18.7. The predicted octanol–water partition coefficient (Wildman–Crippen LogP) is 3.69. The fourth-order valence-corrected chi connectivity index (χ4v) is 3.67. The van der Waals surface area contributed by atoms with Crippen LogP contribution >= 0.6 is 0 Å². The lowest BCUT2D eigenvalue weighted by atomic mass is 10.1. The van der Waals surface area contributed by atoms with Crippen LogP contribution in [-0.4, -0.2) is 19.4 Å². The van der Waals surface area contributed by atoms with E-state index in [9.17, 15) is 18.3 Å². The Bertz CT molecular complexity index is 1060. The maximum absolute atomic E-state index is 12.6. The molecule has 0 spiro atoms. The number of carbonyl (C=O) groups is 1. The second-order valence-electron chi connectivity index (χ2n) is 5.68. The van der Waals surface area contributed by atoms with Gasteiger partial charge in [0.2, 0.25) is 5.91 Å². The summed E-state index contributed by atoms with van der Waals surface area (Å²) < 4.78 is 27.7. The van der Waals surface area contributed by atoms with Crippen molar-refractivity contribution in [2.75, 3.05) is 10.0 Å². The van der Waals surface area contributed by atoms with Crippen LogP contribution in [0.25, 0.3) is 10.8 Å². The molecule has 134 valence electrons. The fraction of sp³-hybridized carbons (Fsp3) is 0.105. The lowest BCUT2D eigenvalue weighted by molar-refractivity contribution is -0.115. The monoisotopic (exact) mass is 370 g/mol. The van der Waals surface area contributed by atoms with Gasteiger partial charge in [0.25, 0.3) is 10.0 Å². The minimum atomic E-state index is -3.75. The molecule has 0 radical (unpaired) electrons. The van der Waals surface area contributed by atoms with E-state index in [-0.39, 0.29) is 28.7 Å². The van der Waals surface area contributed by atoms with Gasteiger partial charge in [-0.15, -0.1) is 0 Å². The molecule has 0 aliphatic rings. The Morgan fingerprint density at radius 3 is 2.35 bits per heavy atom. The second-order valence-corrected chi connectivity index (χ2v) is 7.37. The molecule has 0 unspecified atom stereocenters. The first kappa shape index (κ1) is 17.8. The quantitative estimate of drug-likeness (QED) is 0.597. The number of sulfonamides is 1. The van der Waals surface area contributed by atoms with E-state index in [2.05, 4.69) is 10.0 Å². The van der Waals surface area contributed by atoms with Gasteiger partial charge in [-0.05, 0) is 30.3 Å². The minimum Gasteiger partial charge on any atom is -0.505 e. The highest BCUT2D eigenvalue weighted by Crippen LogP contribution is 2.36. The highest BCUT2D eigenvalue weighted by Gasteiger charge is 2.16. The second kappa shape index (κ2) is 7.05. The lowest BCUT2D eigenvalue weighted by Crippen LogP contribution is -2.13. The molecule has 3 N–H and O–H groups in total. The first-order valence-electron chi connectivity index (χ1n) is 8.05. The normalized spacial score (nSPS) is 11.3. The van der Waals surface area contributed by atoms with Gasteiger partial charge in [-0.3, -0.25) is 9.52 Å². The summed E-state index contributed by atoms with van der Waals surface area (Å²) in [6, 6.07) is 16.1. The molecular weight excluding hydrogens is 352 g/mol. The molecule has 0 aliphatic heterocycles. The van der Waals surface area contributed by atoms with Crippen molar-refractivity contribution in [2.45, 2.75) is 18.2 Å². The van der Waals surface area contributed by atoms with Crippen LogP contribution in [0.3, 0.4) is 0 Å². The number of phenolic OH excluding ortho intramolecular Hbond substituents is 1. The summed E-state index contributed by atoms with van der Waals surface area (Å²) >= 11 is 0. The summed E-state index contributed by atoms with van der Waals surface area (Å²) in [5, 5.41) is 14.0. The summed E-state index contributed by atoms with van der Waals surface area (Å²) in [5.41, 5.74) is 0.627. The molecule has 0 saturated heterocycles. The molecule has 0 aromatic heterocycles. The number of amides is 1. The third-order valence-electron chi connectivity index (χ3n) is 3.93. The summed E-state index contributed by atoms with van der Waals surface area (Å²) in [6.07, 6.45) is 0.286. The molecule has 0 fully saturated rings. The van der Waals surface area contributed by atoms with E-state index >= 15 is 0 Å². The van der Waals surface area contributed by atoms with Gasteiger partial charge >= 0.3 is 0 Å². The molecule has 6 nitrogen and oxygen atoms in total. The fourth-order valence-electron chi connectivity index (χ4n) is 2.57. The Morgan fingerprint density at radius 1 is 0.923 bits per heavy atom. The molecule has 0 bridgehead atoms. The maximum atomic E-state index is 12.6. The van der Waals surface area contributed by atoms with Crippen LogP contribution in [0.1, 0.15) is 13.3 Å². The van der Waals surface area contributed by atoms with Crippen LogP contribution in [-0.2, 0) is 14.8 Å². The van der Waals surface area contributed by atoms with Crippen molar-refractivity contribution in [1.82, 2.24) is 0 Å². The van der Waals surface area contributed by atoms with E-state index in [1.807, 2.05) is 0 Å². The van der Waals surface area contributed by atoms with Crippen molar-refractivity contribution in [3.05, 3.63) is 60.7 Å². The van der Waals surface area contributed by atoms with Gasteiger partial charge in [-0.1, -0.05) is 37.3 Å². The van der Waals surface area contributed by atoms with Crippen molar-refractivity contribution in [3.8, 4) is 5.75 Å². The number of anilines is 2. The van der Waals surface area contributed by atoms with Crippen LogP contribution in [0.5, 0.6) is 5.75 Å². The lowest BCUT2D eigenvalue weighted by Gasteiger charge is -2.13. The van der Waals surface area contributed by atoms with Gasteiger partial charge in [0.05, 0.1) is 16.3 Å². The summed E-state index contributed by atoms with van der Waals surface area (Å²) in [7, 11) is -3.75. The maximum Gasteiger partial charge on any atom is 0.261 e. The molecular formula is C19H18N2O4S. The standard InChI is InChI=1S/C19H18N2O4S/c1-2-18(22)20-17-12-11-14-15(19(17)23)9-6-10-16(14)21-26(24,25)13-7-4-3-5-8-13/h3-12,21,23H,2H2,1H3,(H,20,22). The largest absolute Gasteiger partial charge is 0.505 e. The van der Waals surface area contributed by atoms with Crippen LogP contribution in [0, 0.1) is 0 Å². The Hall–Kier alpha value is -3.06. The van der Waals surface area contributed by atoms with Gasteiger partial charge in [0, 0.05) is 17.2 Å². The van der Waals surface area contributed by atoms with Gasteiger partial charge < -0.3 is 10.4 Å². The molecule has 1 amide bonds. The predicted molar refractivity (Wildman–Crippen MR) is 102 cm³/mol. The van der Waals surface area contributed by atoms with Crippen molar-refractivity contribution in [2.24, 2.45) is 0 Å². The molecule has 7 heteroatoms. The number of nitrogens with one attached hydrogen (secondary N) is 2. The van der Waals surface area contributed by atoms with E-state index in [1.165, 1.54) is 12.1 Å². The Kier molecular flexibility index (Phi) is 4.81. The number of hydrogen-bond acceptors (Lipinski definition) is 4. The number of carbonyl (C=O) groups excluding carboxylic acids is 1. The topological polar surface area (TPSA) is 95.5 Å². The van der Waals surface area contributed by atoms with E-state index in [4.69, 9.17) is 0 Å². The SMILES string of the molecule is CCC(=O)Nc1ccc2c(NS(=O)(=O)c3ccccc3)cccc2c1O. The Labute approximate surface area is 151 Å². The molecule has 3 rings (SSSR count). The van der Waals surface area contributed by atoms with Gasteiger partial charge in [-0.2, -0.15) is 0 Å². The zero-order valence-electron chi connectivity index (χ0n) is 14.1. The average molecular weight is 370 g/mol. The number of benzene rings is 3. The molecule has 0 aliphatic carbocycles. The smallest absolute Gasteiger partial charge is 0.261 e. The van der Waals surface area contributed by atoms with Crippen molar-refractivity contribution in [3.63, 3.8) is 0 Å². The molecule has 0 atom stereocenters. The van der Waals surface area contributed by atoms with Crippen molar-refractivity contribution < 1.29 is 18.3 Å². The minimum absolute atomic E-state index is 0.106. The van der Waals surface area contributed by atoms with Crippen LogP contribution in [0.4, 0.5) is 11.4 Å². The summed E-state index contributed by atoms with van der Waals surface area (Å²) in [4.78, 5) is 11.7. The molecule has 3 aromatic rings. The molecule has 0 heterocycles.